The van der Waals surface area contributed by atoms with E-state index in [0.717, 1.165) is 10.1 Å². The van der Waals surface area contributed by atoms with Crippen LogP contribution in [-0.4, -0.2) is 55.7 Å². The highest BCUT2D eigenvalue weighted by Gasteiger charge is 2.43. The number of carbonyl (C=O) groups is 1. The van der Waals surface area contributed by atoms with Crippen LogP contribution in [-0.2, 0) is 4.74 Å². The van der Waals surface area contributed by atoms with E-state index >= 15 is 0 Å². The number of aryl methyl sites for hydroxylation is 1. The zero-order valence-corrected chi connectivity index (χ0v) is 13.9. The third-order valence-corrected chi connectivity index (χ3v) is 4.18. The van der Waals surface area contributed by atoms with Gasteiger partial charge in [-0.2, -0.15) is 4.98 Å². The number of amides is 1. The first-order chi connectivity index (χ1) is 12.4. The van der Waals surface area contributed by atoms with E-state index in [0.29, 0.717) is 5.56 Å². The number of anilines is 1. The van der Waals surface area contributed by atoms with E-state index in [2.05, 4.69) is 10.3 Å². The highest BCUT2D eigenvalue weighted by molar-refractivity contribution is 6.03. The van der Waals surface area contributed by atoms with Crippen LogP contribution in [0.4, 0.5) is 5.82 Å². The molecule has 0 radical (unpaired) electrons. The van der Waals surface area contributed by atoms with Gasteiger partial charge < -0.3 is 25.4 Å². The molecule has 1 aliphatic rings. The van der Waals surface area contributed by atoms with Gasteiger partial charge >= 0.3 is 5.69 Å². The van der Waals surface area contributed by atoms with Gasteiger partial charge in [0.25, 0.3) is 5.91 Å². The average Bonchev–Trinajstić information content (AvgIpc) is 2.90. The van der Waals surface area contributed by atoms with Crippen LogP contribution in [0.3, 0.4) is 0 Å². The molecule has 9 nitrogen and oxygen atoms in total. The predicted octanol–water partition coefficient (Wildman–Crippen LogP) is -0.584. The van der Waals surface area contributed by atoms with E-state index in [-0.39, 0.29) is 5.82 Å². The number of nitrogens with zero attached hydrogens (tertiary/aromatic N) is 2. The summed E-state index contributed by atoms with van der Waals surface area (Å²) in [4.78, 5) is 28.1. The minimum Gasteiger partial charge on any atom is -0.394 e. The van der Waals surface area contributed by atoms with Crippen molar-refractivity contribution in [1.29, 1.82) is 0 Å². The van der Waals surface area contributed by atoms with Crippen molar-refractivity contribution in [1.82, 2.24) is 9.55 Å². The molecule has 2 heterocycles. The van der Waals surface area contributed by atoms with Gasteiger partial charge in [-0.1, -0.05) is 17.7 Å². The number of carbonyl (C=O) groups excluding carboxylic acids is 1. The van der Waals surface area contributed by atoms with Gasteiger partial charge in [0.05, 0.1) is 6.61 Å². The number of ether oxygens (including phenoxy) is 1. The molecule has 26 heavy (non-hydrogen) atoms. The number of hydrogen-bond donors (Lipinski definition) is 4. The lowest BCUT2D eigenvalue weighted by Crippen LogP contribution is -2.36. The Morgan fingerprint density at radius 3 is 2.50 bits per heavy atom. The van der Waals surface area contributed by atoms with Crippen molar-refractivity contribution in [2.75, 3.05) is 11.9 Å². The Morgan fingerprint density at radius 1 is 1.23 bits per heavy atom. The Labute approximate surface area is 148 Å². The molecular formula is C17H19N3O6. The van der Waals surface area contributed by atoms with Crippen LogP contribution in [0.5, 0.6) is 0 Å². The highest BCUT2D eigenvalue weighted by atomic mass is 16.6. The molecule has 3 rings (SSSR count). The molecule has 1 saturated heterocycles. The molecule has 0 saturated carbocycles. The smallest absolute Gasteiger partial charge is 0.351 e. The summed E-state index contributed by atoms with van der Waals surface area (Å²) in [6.45, 7) is 1.41. The zero-order valence-electron chi connectivity index (χ0n) is 13.9. The van der Waals surface area contributed by atoms with Gasteiger partial charge in [0.15, 0.2) is 6.23 Å². The van der Waals surface area contributed by atoms with Crippen molar-refractivity contribution in [3.05, 3.63) is 58.1 Å². The van der Waals surface area contributed by atoms with E-state index in [9.17, 15) is 19.8 Å². The second-order valence-electron chi connectivity index (χ2n) is 6.05. The molecule has 1 aromatic carbocycles. The molecule has 1 fully saturated rings. The molecule has 0 aliphatic carbocycles. The predicted molar refractivity (Wildman–Crippen MR) is 90.6 cm³/mol. The van der Waals surface area contributed by atoms with Gasteiger partial charge in [0, 0.05) is 11.8 Å². The SMILES string of the molecule is Cc1ccc(C(=O)Nc2ccn(C3OC(CO)C(O)C3O)c(=O)n2)cc1. The van der Waals surface area contributed by atoms with Gasteiger partial charge in [-0.3, -0.25) is 9.36 Å². The van der Waals surface area contributed by atoms with Crippen molar-refractivity contribution in [2.24, 2.45) is 0 Å². The number of rotatable bonds is 4. The maximum absolute atomic E-state index is 12.2. The molecule has 1 amide bonds. The maximum atomic E-state index is 12.2. The van der Waals surface area contributed by atoms with Crippen molar-refractivity contribution in [3.63, 3.8) is 0 Å². The molecule has 0 bridgehead atoms. The number of hydrogen-bond acceptors (Lipinski definition) is 7. The van der Waals surface area contributed by atoms with Crippen molar-refractivity contribution in [3.8, 4) is 0 Å². The first-order valence-corrected chi connectivity index (χ1v) is 8.00. The summed E-state index contributed by atoms with van der Waals surface area (Å²) in [7, 11) is 0. The van der Waals surface area contributed by atoms with Gasteiger partial charge in [-0.25, -0.2) is 4.79 Å². The van der Waals surface area contributed by atoms with E-state index in [1.165, 1.54) is 12.3 Å². The molecule has 1 aliphatic heterocycles. The molecule has 9 heteroatoms. The van der Waals surface area contributed by atoms with Crippen LogP contribution in [0.2, 0.25) is 0 Å². The molecule has 138 valence electrons. The van der Waals surface area contributed by atoms with Gasteiger partial charge in [-0.05, 0) is 25.1 Å². The first-order valence-electron chi connectivity index (χ1n) is 8.00. The Morgan fingerprint density at radius 2 is 1.92 bits per heavy atom. The number of aromatic nitrogens is 2. The summed E-state index contributed by atoms with van der Waals surface area (Å²) < 4.78 is 6.28. The lowest BCUT2D eigenvalue weighted by molar-refractivity contribution is -0.0549. The minimum absolute atomic E-state index is 0.0450. The van der Waals surface area contributed by atoms with Crippen molar-refractivity contribution >= 4 is 11.7 Å². The molecule has 0 spiro atoms. The first kappa shape index (κ1) is 18.2. The Kier molecular flexibility index (Phi) is 5.14. The topological polar surface area (TPSA) is 134 Å². The van der Waals surface area contributed by atoms with Crippen LogP contribution in [0, 0.1) is 6.92 Å². The Bertz CT molecular complexity index is 850. The van der Waals surface area contributed by atoms with Crippen molar-refractivity contribution < 1.29 is 24.9 Å². The summed E-state index contributed by atoms with van der Waals surface area (Å²) in [5.41, 5.74) is 0.660. The van der Waals surface area contributed by atoms with Gasteiger partial charge in [0.1, 0.15) is 24.1 Å². The fraction of sp³-hybridized carbons (Fsp3) is 0.353. The second-order valence-corrected chi connectivity index (χ2v) is 6.05. The monoisotopic (exact) mass is 361 g/mol. The third kappa shape index (κ3) is 3.51. The number of benzene rings is 1. The Balaban J connectivity index is 1.77. The maximum Gasteiger partial charge on any atom is 0.351 e. The average molecular weight is 361 g/mol. The van der Waals surface area contributed by atoms with Crippen LogP contribution in [0.15, 0.2) is 41.3 Å². The largest absolute Gasteiger partial charge is 0.394 e. The quantitative estimate of drug-likeness (QED) is 0.572. The molecule has 4 unspecified atom stereocenters. The molecule has 4 N–H and O–H groups in total. The van der Waals surface area contributed by atoms with Gasteiger partial charge in [-0.15, -0.1) is 0 Å². The summed E-state index contributed by atoms with van der Waals surface area (Å²) >= 11 is 0. The van der Waals surface area contributed by atoms with Gasteiger partial charge in [0.2, 0.25) is 0 Å². The third-order valence-electron chi connectivity index (χ3n) is 4.18. The van der Waals surface area contributed by atoms with Crippen LogP contribution in [0.25, 0.3) is 0 Å². The fourth-order valence-corrected chi connectivity index (χ4v) is 2.68. The molecule has 4 atom stereocenters. The molecule has 1 aromatic heterocycles. The Hall–Kier alpha value is -2.59. The van der Waals surface area contributed by atoms with Crippen molar-refractivity contribution in [2.45, 2.75) is 31.5 Å². The van der Waals surface area contributed by atoms with Crippen LogP contribution >= 0.6 is 0 Å². The number of aliphatic hydroxyl groups is 3. The normalized spacial score (nSPS) is 25.2. The zero-order chi connectivity index (χ0) is 18.8. The summed E-state index contributed by atoms with van der Waals surface area (Å²) in [5.74, 6) is -0.369. The summed E-state index contributed by atoms with van der Waals surface area (Å²) in [6.07, 6.45) is -3.59. The van der Waals surface area contributed by atoms with E-state index < -0.39 is 42.7 Å². The highest BCUT2D eigenvalue weighted by Crippen LogP contribution is 2.28. The minimum atomic E-state index is -1.39. The summed E-state index contributed by atoms with van der Waals surface area (Å²) in [5, 5.41) is 31.4. The number of nitrogens with one attached hydrogen (secondary N) is 1. The van der Waals surface area contributed by atoms with E-state index in [1.807, 2.05) is 6.92 Å². The molecule has 2 aromatic rings. The van der Waals surface area contributed by atoms with Crippen LogP contribution in [0.1, 0.15) is 22.1 Å². The van der Waals surface area contributed by atoms with E-state index in [1.54, 1.807) is 24.3 Å². The fourth-order valence-electron chi connectivity index (χ4n) is 2.68. The summed E-state index contributed by atoms with van der Waals surface area (Å²) in [6, 6.07) is 8.28. The standard InChI is InChI=1S/C17H19N3O6/c1-9-2-4-10(5-3-9)15(24)18-12-6-7-20(17(25)19-12)16-14(23)13(22)11(8-21)26-16/h2-7,11,13-14,16,21-23H,8H2,1H3,(H,18,19,24,25). The lowest BCUT2D eigenvalue weighted by atomic mass is 10.1. The number of aliphatic hydroxyl groups excluding tert-OH is 3. The lowest BCUT2D eigenvalue weighted by Gasteiger charge is -2.17. The second kappa shape index (κ2) is 7.34. The van der Waals surface area contributed by atoms with Crippen LogP contribution < -0.4 is 11.0 Å². The molecular weight excluding hydrogens is 342 g/mol. The van der Waals surface area contributed by atoms with E-state index in [4.69, 9.17) is 9.84 Å².